The Balaban J connectivity index is 2.57. The van der Waals surface area contributed by atoms with Crippen molar-refractivity contribution in [3.05, 3.63) is 25.4 Å². The highest BCUT2D eigenvalue weighted by atomic mass is 15.4. The van der Waals surface area contributed by atoms with E-state index in [4.69, 9.17) is 0 Å². The van der Waals surface area contributed by atoms with E-state index in [1.165, 1.54) is 0 Å². The van der Waals surface area contributed by atoms with Crippen LogP contribution in [0.1, 0.15) is 0 Å². The van der Waals surface area contributed by atoms with Crippen LogP contribution in [0.5, 0.6) is 0 Å². The van der Waals surface area contributed by atoms with Gasteiger partial charge in [0.15, 0.2) is 0 Å². The van der Waals surface area contributed by atoms with Crippen molar-refractivity contribution in [2.75, 3.05) is 26.3 Å². The third-order valence-corrected chi connectivity index (χ3v) is 2.04. The standard InChI is InChI=1S/C8H15N2/c1-3-6-10(4-2)7-5-9-8-10/h3-4,9H,1-2,5-8H2/q+1. The molecule has 1 aliphatic rings. The van der Waals surface area contributed by atoms with Crippen molar-refractivity contribution in [3.8, 4) is 0 Å². The maximum atomic E-state index is 3.82. The Morgan fingerprint density at radius 3 is 2.70 bits per heavy atom. The quantitative estimate of drug-likeness (QED) is 0.448. The lowest BCUT2D eigenvalue weighted by Gasteiger charge is -2.26. The second-order valence-electron chi connectivity index (χ2n) is 2.75. The van der Waals surface area contributed by atoms with Crippen LogP contribution >= 0.6 is 0 Å². The number of quaternary nitrogens is 1. The highest BCUT2D eigenvalue weighted by Gasteiger charge is 2.26. The molecule has 0 spiro atoms. The van der Waals surface area contributed by atoms with Gasteiger partial charge in [-0.05, 0) is 12.7 Å². The average Bonchev–Trinajstić information content (AvgIpc) is 2.39. The van der Waals surface area contributed by atoms with Gasteiger partial charge in [-0.25, -0.2) is 0 Å². The molecule has 1 rings (SSSR count). The second-order valence-corrected chi connectivity index (χ2v) is 2.75. The largest absolute Gasteiger partial charge is 0.281 e. The smallest absolute Gasteiger partial charge is 0.137 e. The Morgan fingerprint density at radius 2 is 2.30 bits per heavy atom. The van der Waals surface area contributed by atoms with Crippen LogP contribution in [0.3, 0.4) is 0 Å². The third-order valence-electron chi connectivity index (χ3n) is 2.04. The van der Waals surface area contributed by atoms with Crippen LogP contribution in [0.15, 0.2) is 25.4 Å². The van der Waals surface area contributed by atoms with E-state index in [9.17, 15) is 0 Å². The molecule has 1 saturated heterocycles. The Hall–Kier alpha value is -0.600. The van der Waals surface area contributed by atoms with Crippen LogP contribution in [0.25, 0.3) is 0 Å². The first-order valence-electron chi connectivity index (χ1n) is 3.64. The summed E-state index contributed by atoms with van der Waals surface area (Å²) >= 11 is 0. The van der Waals surface area contributed by atoms with E-state index in [1.54, 1.807) is 0 Å². The molecule has 0 saturated carbocycles. The SMILES string of the molecule is C=CC[N+]1(C=C)CCNC1. The zero-order valence-electron chi connectivity index (χ0n) is 6.34. The van der Waals surface area contributed by atoms with Gasteiger partial charge in [-0.3, -0.25) is 9.80 Å². The van der Waals surface area contributed by atoms with E-state index in [2.05, 4.69) is 18.5 Å². The predicted molar refractivity (Wildman–Crippen MR) is 43.3 cm³/mol. The van der Waals surface area contributed by atoms with E-state index in [0.29, 0.717) is 0 Å². The summed E-state index contributed by atoms with van der Waals surface area (Å²) in [5.74, 6) is 0. The number of nitrogens with one attached hydrogen (secondary N) is 1. The van der Waals surface area contributed by atoms with Gasteiger partial charge in [0.2, 0.25) is 0 Å². The van der Waals surface area contributed by atoms with Gasteiger partial charge < -0.3 is 0 Å². The molecule has 1 heterocycles. The lowest BCUT2D eigenvalue weighted by Crippen LogP contribution is -2.40. The molecular formula is C8H15N2+. The predicted octanol–water partition coefficient (Wildman–Crippen LogP) is 0.693. The summed E-state index contributed by atoms with van der Waals surface area (Å²) in [5, 5.41) is 3.30. The molecule has 0 aliphatic carbocycles. The molecule has 0 radical (unpaired) electrons. The van der Waals surface area contributed by atoms with Gasteiger partial charge in [0, 0.05) is 0 Å². The molecule has 0 amide bonds. The van der Waals surface area contributed by atoms with Gasteiger partial charge in [-0.1, -0.05) is 6.58 Å². The van der Waals surface area contributed by atoms with Crippen molar-refractivity contribution in [1.29, 1.82) is 0 Å². The molecule has 10 heavy (non-hydrogen) atoms. The fourth-order valence-corrected chi connectivity index (χ4v) is 1.33. The van der Waals surface area contributed by atoms with Crippen molar-refractivity contribution < 1.29 is 4.48 Å². The minimum atomic E-state index is 0.948. The lowest BCUT2D eigenvalue weighted by atomic mass is 10.4. The lowest BCUT2D eigenvalue weighted by molar-refractivity contribution is -0.861. The first kappa shape index (κ1) is 7.51. The molecule has 1 unspecified atom stereocenters. The van der Waals surface area contributed by atoms with Crippen molar-refractivity contribution >= 4 is 0 Å². The number of rotatable bonds is 3. The van der Waals surface area contributed by atoms with Crippen molar-refractivity contribution in [3.63, 3.8) is 0 Å². The average molecular weight is 139 g/mol. The maximum absolute atomic E-state index is 3.82. The first-order chi connectivity index (χ1) is 4.83. The summed E-state index contributed by atoms with van der Waals surface area (Å²) in [5.41, 5.74) is 0. The summed E-state index contributed by atoms with van der Waals surface area (Å²) in [6.07, 6.45) is 3.95. The molecule has 1 fully saturated rings. The summed E-state index contributed by atoms with van der Waals surface area (Å²) < 4.78 is 0.948. The fourth-order valence-electron chi connectivity index (χ4n) is 1.33. The molecular weight excluding hydrogens is 124 g/mol. The van der Waals surface area contributed by atoms with Crippen LogP contribution in [-0.2, 0) is 0 Å². The molecule has 1 atom stereocenters. The van der Waals surface area contributed by atoms with E-state index in [1.807, 2.05) is 12.3 Å². The molecule has 2 nitrogen and oxygen atoms in total. The van der Waals surface area contributed by atoms with Crippen LogP contribution < -0.4 is 5.32 Å². The van der Waals surface area contributed by atoms with E-state index >= 15 is 0 Å². The molecule has 1 N–H and O–H groups in total. The van der Waals surface area contributed by atoms with Gasteiger partial charge >= 0.3 is 0 Å². The Labute approximate surface area is 62.4 Å². The summed E-state index contributed by atoms with van der Waals surface area (Å²) in [6.45, 7) is 11.8. The van der Waals surface area contributed by atoms with Crippen LogP contribution in [-0.4, -0.2) is 30.8 Å². The molecule has 1 aliphatic heterocycles. The van der Waals surface area contributed by atoms with Crippen LogP contribution in [0.2, 0.25) is 0 Å². The summed E-state index contributed by atoms with van der Waals surface area (Å²) in [6, 6.07) is 0. The Bertz CT molecular complexity index is 134. The van der Waals surface area contributed by atoms with Crippen molar-refractivity contribution in [1.82, 2.24) is 5.32 Å². The Morgan fingerprint density at radius 1 is 1.50 bits per heavy atom. The van der Waals surface area contributed by atoms with Crippen molar-refractivity contribution in [2.45, 2.75) is 0 Å². The minimum Gasteiger partial charge on any atom is -0.281 e. The highest BCUT2D eigenvalue weighted by molar-refractivity contribution is 4.72. The molecule has 56 valence electrons. The fraction of sp³-hybridized carbons (Fsp3) is 0.500. The number of nitrogens with zero attached hydrogens (tertiary/aromatic N) is 1. The zero-order chi connectivity index (χ0) is 7.45. The van der Waals surface area contributed by atoms with Crippen molar-refractivity contribution in [2.24, 2.45) is 0 Å². The molecule has 0 aromatic rings. The third kappa shape index (κ3) is 1.28. The Kier molecular flexibility index (Phi) is 2.25. The van der Waals surface area contributed by atoms with E-state index < -0.39 is 0 Å². The van der Waals surface area contributed by atoms with E-state index in [-0.39, 0.29) is 0 Å². The topological polar surface area (TPSA) is 12.0 Å². The number of hydrogen-bond acceptors (Lipinski definition) is 1. The minimum absolute atomic E-state index is 0.948. The summed E-state index contributed by atoms with van der Waals surface area (Å²) in [7, 11) is 0. The van der Waals surface area contributed by atoms with E-state index in [0.717, 1.165) is 30.8 Å². The molecule has 0 aromatic heterocycles. The highest BCUT2D eigenvalue weighted by Crippen LogP contribution is 2.09. The first-order valence-corrected chi connectivity index (χ1v) is 3.64. The van der Waals surface area contributed by atoms with Gasteiger partial charge in [0.25, 0.3) is 0 Å². The molecule has 0 bridgehead atoms. The van der Waals surface area contributed by atoms with Gasteiger partial charge in [0.1, 0.15) is 13.2 Å². The maximum Gasteiger partial charge on any atom is 0.137 e. The van der Waals surface area contributed by atoms with Gasteiger partial charge in [-0.2, -0.15) is 0 Å². The molecule has 0 aromatic carbocycles. The van der Waals surface area contributed by atoms with Gasteiger partial charge in [0.05, 0.1) is 19.3 Å². The molecule has 2 heteroatoms. The zero-order valence-corrected chi connectivity index (χ0v) is 6.34. The van der Waals surface area contributed by atoms with Crippen LogP contribution in [0, 0.1) is 0 Å². The monoisotopic (exact) mass is 139 g/mol. The van der Waals surface area contributed by atoms with Gasteiger partial charge in [-0.15, -0.1) is 0 Å². The number of hydrogen-bond donors (Lipinski definition) is 1. The summed E-state index contributed by atoms with van der Waals surface area (Å²) in [4.78, 5) is 0. The van der Waals surface area contributed by atoms with Crippen LogP contribution in [0.4, 0.5) is 0 Å². The second kappa shape index (κ2) is 2.99. The normalized spacial score (nSPS) is 32.0.